The molecular weight excluding hydrogens is 280 g/mol. The number of sulfonamides is 1. The van der Waals surface area contributed by atoms with Gasteiger partial charge in [-0.05, 0) is 18.6 Å². The van der Waals surface area contributed by atoms with Crippen molar-refractivity contribution in [1.82, 2.24) is 4.72 Å². The van der Waals surface area contributed by atoms with Crippen molar-refractivity contribution in [3.63, 3.8) is 0 Å². The van der Waals surface area contributed by atoms with E-state index in [0.717, 1.165) is 0 Å². The molecule has 1 aromatic rings. The molecule has 1 unspecified atom stereocenters. The summed E-state index contributed by atoms with van der Waals surface area (Å²) in [5.74, 6) is 0.444. The summed E-state index contributed by atoms with van der Waals surface area (Å²) in [7, 11) is -3.25. The first-order valence-electron chi connectivity index (χ1n) is 6.56. The highest BCUT2D eigenvalue weighted by molar-refractivity contribution is 7.89. The minimum absolute atomic E-state index is 0.0908. The molecule has 6 nitrogen and oxygen atoms in total. The van der Waals surface area contributed by atoms with Crippen molar-refractivity contribution in [2.75, 3.05) is 17.6 Å². The van der Waals surface area contributed by atoms with Crippen LogP contribution in [0.3, 0.4) is 0 Å². The number of ether oxygens (including phenoxy) is 1. The number of hydrogen-bond acceptors (Lipinski definition) is 4. The Hall–Kier alpha value is -1.60. The lowest BCUT2D eigenvalue weighted by Gasteiger charge is -2.25. The molecule has 2 N–H and O–H groups in total. The Balaban J connectivity index is 1.90. The average Bonchev–Trinajstić information content (AvgIpc) is 2.39. The number of rotatable bonds is 6. The van der Waals surface area contributed by atoms with Gasteiger partial charge in [-0.15, -0.1) is 0 Å². The summed E-state index contributed by atoms with van der Waals surface area (Å²) in [5, 5.41) is 2.74. The molecule has 1 heterocycles. The minimum Gasteiger partial charge on any atom is -0.478 e. The molecule has 1 atom stereocenters. The number of para-hydroxylation sites is 2. The molecule has 0 aliphatic carbocycles. The molecule has 0 saturated heterocycles. The number of nitrogens with one attached hydrogen (secondary N) is 2. The first kappa shape index (κ1) is 14.8. The van der Waals surface area contributed by atoms with Gasteiger partial charge in [0.05, 0.1) is 11.4 Å². The quantitative estimate of drug-likeness (QED) is 0.824. The van der Waals surface area contributed by atoms with Crippen molar-refractivity contribution in [3.05, 3.63) is 24.3 Å². The van der Waals surface area contributed by atoms with Crippen LogP contribution in [0.1, 0.15) is 19.8 Å². The zero-order valence-corrected chi connectivity index (χ0v) is 12.1. The number of carbonyl (C=O) groups is 1. The highest BCUT2D eigenvalue weighted by atomic mass is 32.2. The van der Waals surface area contributed by atoms with Gasteiger partial charge >= 0.3 is 0 Å². The minimum atomic E-state index is -3.25. The lowest BCUT2D eigenvalue weighted by atomic mass is 10.2. The van der Waals surface area contributed by atoms with Gasteiger partial charge in [0.15, 0.2) is 6.10 Å². The highest BCUT2D eigenvalue weighted by Gasteiger charge is 2.27. The SMILES string of the molecule is CCCS(=O)(=O)NCCC1Oc2ccccc2NC1=O. The Kier molecular flexibility index (Phi) is 4.61. The molecule has 2 rings (SSSR count). The van der Waals surface area contributed by atoms with Crippen molar-refractivity contribution in [3.8, 4) is 5.75 Å². The monoisotopic (exact) mass is 298 g/mol. The molecule has 0 aromatic heterocycles. The number of hydrogen-bond donors (Lipinski definition) is 2. The molecule has 0 fully saturated rings. The second-order valence-electron chi connectivity index (χ2n) is 4.59. The largest absolute Gasteiger partial charge is 0.478 e. The number of fused-ring (bicyclic) bond motifs is 1. The van der Waals surface area contributed by atoms with Gasteiger partial charge in [0.25, 0.3) is 5.91 Å². The predicted octanol–water partition coefficient (Wildman–Crippen LogP) is 1.11. The summed E-state index contributed by atoms with van der Waals surface area (Å²) in [6, 6.07) is 7.15. The van der Waals surface area contributed by atoms with Gasteiger partial charge in [0, 0.05) is 13.0 Å². The number of anilines is 1. The van der Waals surface area contributed by atoms with Crippen LogP contribution in [0.4, 0.5) is 5.69 Å². The van der Waals surface area contributed by atoms with E-state index in [1.165, 1.54) is 0 Å². The fourth-order valence-electron chi connectivity index (χ4n) is 1.97. The molecule has 0 spiro atoms. The third-order valence-corrected chi connectivity index (χ3v) is 4.50. The van der Waals surface area contributed by atoms with Gasteiger partial charge in [-0.1, -0.05) is 19.1 Å². The van der Waals surface area contributed by atoms with Crippen LogP contribution in [0, 0.1) is 0 Å². The standard InChI is InChI=1S/C13H18N2O4S/c1-2-9-20(17,18)14-8-7-12-13(16)15-10-5-3-4-6-11(10)19-12/h3-6,12,14H,2,7-9H2,1H3,(H,15,16). The summed E-state index contributed by atoms with van der Waals surface area (Å²) < 4.78 is 31.0. The maximum atomic E-state index is 11.8. The maximum Gasteiger partial charge on any atom is 0.265 e. The van der Waals surface area contributed by atoms with Crippen LogP contribution < -0.4 is 14.8 Å². The van der Waals surface area contributed by atoms with Gasteiger partial charge in [0.1, 0.15) is 5.75 Å². The van der Waals surface area contributed by atoms with Crippen LogP contribution in [-0.4, -0.2) is 32.7 Å². The van der Waals surface area contributed by atoms with Gasteiger partial charge in [-0.25, -0.2) is 13.1 Å². The molecule has 1 amide bonds. The summed E-state index contributed by atoms with van der Waals surface area (Å²) >= 11 is 0. The van der Waals surface area contributed by atoms with Gasteiger partial charge < -0.3 is 10.1 Å². The molecular formula is C13H18N2O4S. The summed E-state index contributed by atoms with van der Waals surface area (Å²) in [6.07, 6.45) is 0.181. The first-order chi connectivity index (χ1) is 9.52. The van der Waals surface area contributed by atoms with E-state index < -0.39 is 16.1 Å². The zero-order chi connectivity index (χ0) is 14.6. The second-order valence-corrected chi connectivity index (χ2v) is 6.52. The summed E-state index contributed by atoms with van der Waals surface area (Å²) in [6.45, 7) is 1.98. The van der Waals surface area contributed by atoms with Crippen LogP contribution in [0.25, 0.3) is 0 Å². The van der Waals surface area contributed by atoms with E-state index >= 15 is 0 Å². The topological polar surface area (TPSA) is 84.5 Å². The molecule has 20 heavy (non-hydrogen) atoms. The van der Waals surface area contributed by atoms with E-state index in [-0.39, 0.29) is 18.2 Å². The van der Waals surface area contributed by atoms with Crippen LogP contribution in [0.2, 0.25) is 0 Å². The normalized spacial score (nSPS) is 18.1. The lowest BCUT2D eigenvalue weighted by molar-refractivity contribution is -0.123. The molecule has 1 aromatic carbocycles. The first-order valence-corrected chi connectivity index (χ1v) is 8.21. The fourth-order valence-corrected chi connectivity index (χ4v) is 3.08. The maximum absolute atomic E-state index is 11.8. The zero-order valence-electron chi connectivity index (χ0n) is 11.3. The van der Waals surface area contributed by atoms with E-state index in [2.05, 4.69) is 10.0 Å². The van der Waals surface area contributed by atoms with E-state index in [1.54, 1.807) is 19.1 Å². The smallest absolute Gasteiger partial charge is 0.265 e. The van der Waals surface area contributed by atoms with E-state index in [1.807, 2.05) is 12.1 Å². The Morgan fingerprint density at radius 2 is 2.10 bits per heavy atom. The average molecular weight is 298 g/mol. The molecule has 0 radical (unpaired) electrons. The Labute approximate surface area is 118 Å². The fraction of sp³-hybridized carbons (Fsp3) is 0.462. The Morgan fingerprint density at radius 3 is 2.85 bits per heavy atom. The number of carbonyl (C=O) groups excluding carboxylic acids is 1. The highest BCUT2D eigenvalue weighted by Crippen LogP contribution is 2.29. The van der Waals surface area contributed by atoms with Crippen LogP contribution in [0.15, 0.2) is 24.3 Å². The third kappa shape index (κ3) is 3.71. The van der Waals surface area contributed by atoms with Crippen molar-refractivity contribution >= 4 is 21.6 Å². The second kappa shape index (κ2) is 6.23. The molecule has 110 valence electrons. The van der Waals surface area contributed by atoms with Crippen molar-refractivity contribution in [1.29, 1.82) is 0 Å². The summed E-state index contributed by atoms with van der Waals surface area (Å²) in [4.78, 5) is 11.8. The van der Waals surface area contributed by atoms with Crippen LogP contribution in [0.5, 0.6) is 5.75 Å². The summed E-state index contributed by atoms with van der Waals surface area (Å²) in [5.41, 5.74) is 0.639. The van der Waals surface area contributed by atoms with E-state index in [0.29, 0.717) is 24.3 Å². The van der Waals surface area contributed by atoms with Gasteiger partial charge in [0.2, 0.25) is 10.0 Å². The van der Waals surface area contributed by atoms with Gasteiger partial charge in [-0.2, -0.15) is 0 Å². The van der Waals surface area contributed by atoms with E-state index in [4.69, 9.17) is 4.74 Å². The van der Waals surface area contributed by atoms with E-state index in [9.17, 15) is 13.2 Å². The molecule has 0 saturated carbocycles. The van der Waals surface area contributed by atoms with Crippen LogP contribution in [-0.2, 0) is 14.8 Å². The van der Waals surface area contributed by atoms with Gasteiger partial charge in [-0.3, -0.25) is 4.79 Å². The van der Waals surface area contributed by atoms with Crippen molar-refractivity contribution in [2.24, 2.45) is 0 Å². The van der Waals surface area contributed by atoms with Crippen molar-refractivity contribution < 1.29 is 17.9 Å². The molecule has 1 aliphatic rings. The number of amides is 1. The molecule has 7 heteroatoms. The molecule has 1 aliphatic heterocycles. The Bertz CT molecular complexity index is 586. The Morgan fingerprint density at radius 1 is 1.35 bits per heavy atom. The number of benzene rings is 1. The predicted molar refractivity (Wildman–Crippen MR) is 76.2 cm³/mol. The van der Waals surface area contributed by atoms with Crippen molar-refractivity contribution in [2.45, 2.75) is 25.9 Å². The van der Waals surface area contributed by atoms with Crippen LogP contribution >= 0.6 is 0 Å². The lowest BCUT2D eigenvalue weighted by Crippen LogP contribution is -2.40. The molecule has 0 bridgehead atoms. The third-order valence-electron chi connectivity index (χ3n) is 2.91.